The molecule has 0 aromatic carbocycles. The number of esters is 1. The van der Waals surface area contributed by atoms with Crippen molar-refractivity contribution in [1.82, 2.24) is 14.8 Å². The van der Waals surface area contributed by atoms with Gasteiger partial charge in [0.2, 0.25) is 0 Å². The first-order chi connectivity index (χ1) is 10.1. The fourth-order valence-electron chi connectivity index (χ4n) is 2.38. The molecule has 6 heteroatoms. The predicted octanol–water partition coefficient (Wildman–Crippen LogP) is 0.916. The van der Waals surface area contributed by atoms with E-state index in [2.05, 4.69) is 34.2 Å². The van der Waals surface area contributed by atoms with E-state index in [1.165, 1.54) is 0 Å². The van der Waals surface area contributed by atoms with Gasteiger partial charge < -0.3 is 15.0 Å². The van der Waals surface area contributed by atoms with Gasteiger partial charge in [-0.05, 0) is 33.2 Å². The van der Waals surface area contributed by atoms with E-state index >= 15 is 0 Å². The zero-order valence-electron chi connectivity index (χ0n) is 13.0. The Balaban J connectivity index is 1.87. The smallest absolute Gasteiger partial charge is 0.339 e. The third-order valence-corrected chi connectivity index (χ3v) is 3.77. The van der Waals surface area contributed by atoms with Gasteiger partial charge in [0.05, 0.1) is 12.2 Å². The molecule has 1 N–H and O–H groups in total. The second-order valence-electron chi connectivity index (χ2n) is 5.43. The Morgan fingerprint density at radius 2 is 2.24 bits per heavy atom. The average molecular weight is 292 g/mol. The largest absolute Gasteiger partial charge is 0.462 e. The van der Waals surface area contributed by atoms with E-state index in [-0.39, 0.29) is 5.97 Å². The number of nitrogens with zero attached hydrogens (tertiary/aromatic N) is 3. The van der Waals surface area contributed by atoms with Crippen LogP contribution < -0.4 is 5.32 Å². The first kappa shape index (κ1) is 15.7. The Hall–Kier alpha value is -1.66. The van der Waals surface area contributed by atoms with E-state index in [1.54, 1.807) is 19.2 Å². The van der Waals surface area contributed by atoms with Crippen LogP contribution in [0.5, 0.6) is 0 Å². The average Bonchev–Trinajstić information content (AvgIpc) is 2.49. The summed E-state index contributed by atoms with van der Waals surface area (Å²) in [6, 6.07) is 4.03. The zero-order valence-corrected chi connectivity index (χ0v) is 13.0. The van der Waals surface area contributed by atoms with Crippen molar-refractivity contribution in [1.29, 1.82) is 0 Å². The quantitative estimate of drug-likeness (QED) is 0.814. The minimum atomic E-state index is -0.329. The van der Waals surface area contributed by atoms with Crippen molar-refractivity contribution >= 4 is 11.8 Å². The topological polar surface area (TPSA) is 57.7 Å². The molecule has 2 heterocycles. The van der Waals surface area contributed by atoms with E-state index in [0.29, 0.717) is 18.2 Å². The number of aromatic nitrogens is 1. The van der Waals surface area contributed by atoms with Crippen LogP contribution in [0.3, 0.4) is 0 Å². The summed E-state index contributed by atoms with van der Waals surface area (Å²) in [6.07, 6.45) is 1.55. The van der Waals surface area contributed by atoms with Gasteiger partial charge in [0.25, 0.3) is 0 Å². The fraction of sp³-hybridized carbons (Fsp3) is 0.600. The van der Waals surface area contributed by atoms with Crippen molar-refractivity contribution in [3.05, 3.63) is 23.9 Å². The minimum absolute atomic E-state index is 0.329. The maximum atomic E-state index is 11.5. The number of anilines is 1. The number of nitrogens with one attached hydrogen (secondary N) is 1. The molecule has 21 heavy (non-hydrogen) atoms. The zero-order chi connectivity index (χ0) is 15.2. The second-order valence-corrected chi connectivity index (χ2v) is 5.43. The number of carbonyl (C=O) groups is 1. The lowest BCUT2D eigenvalue weighted by Gasteiger charge is -2.37. The van der Waals surface area contributed by atoms with Gasteiger partial charge in [-0.2, -0.15) is 0 Å². The summed E-state index contributed by atoms with van der Waals surface area (Å²) in [6.45, 7) is 6.24. The lowest BCUT2D eigenvalue weighted by Crippen LogP contribution is -2.52. The number of piperazine rings is 1. The van der Waals surface area contributed by atoms with E-state index in [9.17, 15) is 4.79 Å². The molecule has 1 aliphatic rings. The lowest BCUT2D eigenvalue weighted by atomic mass is 10.2. The van der Waals surface area contributed by atoms with Crippen LogP contribution in [0, 0.1) is 0 Å². The van der Waals surface area contributed by atoms with Crippen LogP contribution >= 0.6 is 0 Å². The molecule has 6 nitrogen and oxygen atoms in total. The molecule has 2 rings (SSSR count). The molecule has 1 fully saturated rings. The Bertz CT molecular complexity index is 463. The van der Waals surface area contributed by atoms with Crippen LogP contribution in [0.4, 0.5) is 5.82 Å². The molecule has 1 unspecified atom stereocenters. The molecule has 1 aromatic rings. The van der Waals surface area contributed by atoms with Gasteiger partial charge >= 0.3 is 5.97 Å². The SMILES string of the molecule is CCOC(=O)c1ccc(NCC2CN(C)CCN2C)nc1. The molecule has 1 aliphatic heterocycles. The minimum Gasteiger partial charge on any atom is -0.462 e. The molecule has 0 saturated carbocycles. The first-order valence-corrected chi connectivity index (χ1v) is 7.36. The molecule has 0 spiro atoms. The first-order valence-electron chi connectivity index (χ1n) is 7.36. The third kappa shape index (κ3) is 4.41. The van der Waals surface area contributed by atoms with Crippen LogP contribution in [0.25, 0.3) is 0 Å². The van der Waals surface area contributed by atoms with Gasteiger partial charge in [0.1, 0.15) is 5.82 Å². The van der Waals surface area contributed by atoms with Crippen molar-refractivity contribution in [3.63, 3.8) is 0 Å². The summed E-state index contributed by atoms with van der Waals surface area (Å²) in [4.78, 5) is 20.5. The fourth-order valence-corrected chi connectivity index (χ4v) is 2.38. The number of ether oxygens (including phenoxy) is 1. The maximum Gasteiger partial charge on any atom is 0.339 e. The highest BCUT2D eigenvalue weighted by atomic mass is 16.5. The van der Waals surface area contributed by atoms with E-state index in [1.807, 2.05) is 6.07 Å². The van der Waals surface area contributed by atoms with Gasteiger partial charge in [0, 0.05) is 38.4 Å². The number of hydrogen-bond donors (Lipinski definition) is 1. The van der Waals surface area contributed by atoms with Crippen molar-refractivity contribution in [2.24, 2.45) is 0 Å². The van der Waals surface area contributed by atoms with Gasteiger partial charge in [-0.1, -0.05) is 0 Å². The molecule has 0 amide bonds. The molecular weight excluding hydrogens is 268 g/mol. The Kier molecular flexibility index (Phi) is 5.52. The highest BCUT2D eigenvalue weighted by Crippen LogP contribution is 2.10. The normalized spacial score (nSPS) is 20.2. The molecule has 116 valence electrons. The van der Waals surface area contributed by atoms with E-state index in [0.717, 1.165) is 32.0 Å². The highest BCUT2D eigenvalue weighted by molar-refractivity contribution is 5.89. The monoisotopic (exact) mass is 292 g/mol. The van der Waals surface area contributed by atoms with Crippen LogP contribution in [0.2, 0.25) is 0 Å². The third-order valence-electron chi connectivity index (χ3n) is 3.77. The molecule has 0 radical (unpaired) electrons. The van der Waals surface area contributed by atoms with Crippen molar-refractivity contribution in [3.8, 4) is 0 Å². The summed E-state index contributed by atoms with van der Waals surface area (Å²) >= 11 is 0. The van der Waals surface area contributed by atoms with E-state index < -0.39 is 0 Å². The number of rotatable bonds is 5. The number of pyridine rings is 1. The van der Waals surface area contributed by atoms with Gasteiger partial charge in [-0.3, -0.25) is 4.90 Å². The number of carbonyl (C=O) groups excluding carboxylic acids is 1. The standard InChI is InChI=1S/C15H24N4O2/c1-4-21-15(20)12-5-6-14(16-9-12)17-10-13-11-18(2)7-8-19(13)3/h5-6,9,13H,4,7-8,10-11H2,1-3H3,(H,16,17). The molecule has 1 saturated heterocycles. The second kappa shape index (κ2) is 7.38. The summed E-state index contributed by atoms with van der Waals surface area (Å²) in [7, 11) is 4.29. The maximum absolute atomic E-state index is 11.5. The summed E-state index contributed by atoms with van der Waals surface area (Å²) in [5, 5.41) is 3.33. The van der Waals surface area contributed by atoms with Crippen LogP contribution in [0.15, 0.2) is 18.3 Å². The number of hydrogen-bond acceptors (Lipinski definition) is 6. The molecule has 0 aliphatic carbocycles. The van der Waals surface area contributed by atoms with Crippen molar-refractivity contribution < 1.29 is 9.53 Å². The predicted molar refractivity (Wildman–Crippen MR) is 82.6 cm³/mol. The van der Waals surface area contributed by atoms with Crippen LogP contribution in [-0.4, -0.2) is 73.7 Å². The van der Waals surface area contributed by atoms with Crippen molar-refractivity contribution in [2.45, 2.75) is 13.0 Å². The Labute approximate surface area is 126 Å². The highest BCUT2D eigenvalue weighted by Gasteiger charge is 2.21. The lowest BCUT2D eigenvalue weighted by molar-refractivity contribution is 0.0526. The van der Waals surface area contributed by atoms with Crippen LogP contribution in [-0.2, 0) is 4.74 Å². The molecule has 0 bridgehead atoms. The van der Waals surface area contributed by atoms with Gasteiger partial charge in [-0.15, -0.1) is 0 Å². The Morgan fingerprint density at radius 3 is 2.90 bits per heavy atom. The molecule has 1 aromatic heterocycles. The Morgan fingerprint density at radius 1 is 1.43 bits per heavy atom. The molecular formula is C15H24N4O2. The number of likely N-dealkylation sites (N-methyl/N-ethyl adjacent to an activating group) is 2. The van der Waals surface area contributed by atoms with Crippen LogP contribution in [0.1, 0.15) is 17.3 Å². The van der Waals surface area contributed by atoms with E-state index in [4.69, 9.17) is 4.74 Å². The van der Waals surface area contributed by atoms with Gasteiger partial charge in [0.15, 0.2) is 0 Å². The summed E-state index contributed by atoms with van der Waals surface area (Å²) < 4.78 is 4.94. The van der Waals surface area contributed by atoms with Gasteiger partial charge in [-0.25, -0.2) is 9.78 Å². The summed E-state index contributed by atoms with van der Waals surface area (Å²) in [5.41, 5.74) is 0.483. The molecule has 1 atom stereocenters. The summed E-state index contributed by atoms with van der Waals surface area (Å²) in [5.74, 6) is 0.454. The van der Waals surface area contributed by atoms with Crippen molar-refractivity contribution in [2.75, 3.05) is 52.2 Å².